The molecule has 0 spiro atoms. The first-order chi connectivity index (χ1) is 19.3. The molecule has 3 fully saturated rings. The molecule has 0 aromatic carbocycles. The Morgan fingerprint density at radius 1 is 1.12 bits per heavy atom. The number of ether oxygens (including phenoxy) is 2. The van der Waals surface area contributed by atoms with Crippen LogP contribution in [0.3, 0.4) is 0 Å². The van der Waals surface area contributed by atoms with Crippen LogP contribution < -0.4 is 10.5 Å². The number of nitrogens with two attached hydrogens (primary N) is 1. The van der Waals surface area contributed by atoms with E-state index < -0.39 is 0 Å². The Balaban J connectivity index is 1.32. The van der Waals surface area contributed by atoms with E-state index in [0.29, 0.717) is 23.3 Å². The van der Waals surface area contributed by atoms with Crippen LogP contribution in [-0.2, 0) is 17.8 Å². The SMILES string of the molecule is CCn1c(-c2nc3cc(C(=O)N4C[C@H]5CC[C@@H]4[C@@H]5N)cnc3n2CC2CC(C)(OC)C2)cc2ccc(OC)nc21. The fraction of sp³-hybridized carbons (Fsp3) is 0.533. The Bertz CT molecular complexity index is 1620. The Hall–Kier alpha value is -3.50. The summed E-state index contributed by atoms with van der Waals surface area (Å²) in [6, 6.07) is 8.16. The molecular weight excluding hydrogens is 506 g/mol. The van der Waals surface area contributed by atoms with E-state index in [2.05, 4.69) is 29.0 Å². The number of amides is 1. The molecule has 5 heterocycles. The second kappa shape index (κ2) is 9.27. The number of carbonyl (C=O) groups excluding carboxylic acids is 1. The van der Waals surface area contributed by atoms with E-state index in [0.717, 1.165) is 79.0 Å². The second-order valence-corrected chi connectivity index (χ2v) is 12.0. The van der Waals surface area contributed by atoms with E-state index in [9.17, 15) is 4.79 Å². The van der Waals surface area contributed by atoms with Crippen LogP contribution in [0.25, 0.3) is 33.7 Å². The summed E-state index contributed by atoms with van der Waals surface area (Å²) in [6.07, 6.45) is 5.76. The zero-order valence-corrected chi connectivity index (χ0v) is 23.6. The lowest BCUT2D eigenvalue weighted by Crippen LogP contribution is -2.44. The number of piperidine rings is 1. The molecule has 2 N–H and O–H groups in total. The van der Waals surface area contributed by atoms with Gasteiger partial charge in [-0.15, -0.1) is 0 Å². The van der Waals surface area contributed by atoms with E-state index in [-0.39, 0.29) is 23.6 Å². The minimum Gasteiger partial charge on any atom is -0.481 e. The summed E-state index contributed by atoms with van der Waals surface area (Å²) in [7, 11) is 3.42. The lowest BCUT2D eigenvalue weighted by molar-refractivity contribution is -0.0937. The van der Waals surface area contributed by atoms with Gasteiger partial charge >= 0.3 is 0 Å². The van der Waals surface area contributed by atoms with Crippen LogP contribution in [0.4, 0.5) is 0 Å². The smallest absolute Gasteiger partial charge is 0.255 e. The Morgan fingerprint density at radius 3 is 2.62 bits per heavy atom. The van der Waals surface area contributed by atoms with Gasteiger partial charge < -0.3 is 29.2 Å². The van der Waals surface area contributed by atoms with Crippen LogP contribution >= 0.6 is 0 Å². The van der Waals surface area contributed by atoms with Gasteiger partial charge in [0.25, 0.3) is 5.91 Å². The molecule has 2 saturated carbocycles. The van der Waals surface area contributed by atoms with Crippen molar-refractivity contribution in [3.8, 4) is 17.4 Å². The quantitative estimate of drug-likeness (QED) is 0.377. The average Bonchev–Trinajstić information content (AvgIpc) is 3.70. The zero-order valence-electron chi connectivity index (χ0n) is 23.6. The normalized spacial score (nSPS) is 27.6. The van der Waals surface area contributed by atoms with Gasteiger partial charge in [-0.3, -0.25) is 4.79 Å². The molecule has 10 nitrogen and oxygen atoms in total. The van der Waals surface area contributed by atoms with Crippen molar-refractivity contribution < 1.29 is 14.3 Å². The number of rotatable bonds is 7. The molecule has 4 aromatic rings. The van der Waals surface area contributed by atoms with Crippen LogP contribution in [-0.4, -0.2) is 73.3 Å². The first kappa shape index (κ1) is 25.5. The van der Waals surface area contributed by atoms with Gasteiger partial charge in [0.1, 0.15) is 11.2 Å². The summed E-state index contributed by atoms with van der Waals surface area (Å²) in [6.45, 7) is 6.50. The lowest BCUT2D eigenvalue weighted by atomic mass is 9.72. The van der Waals surface area contributed by atoms with Crippen molar-refractivity contribution in [3.63, 3.8) is 0 Å². The molecule has 10 heteroatoms. The van der Waals surface area contributed by atoms with Crippen LogP contribution in [0.15, 0.2) is 30.5 Å². The Kier molecular flexibility index (Phi) is 5.90. The van der Waals surface area contributed by atoms with E-state index in [1.807, 2.05) is 23.1 Å². The molecule has 2 aliphatic carbocycles. The molecule has 0 unspecified atom stereocenters. The average molecular weight is 544 g/mol. The number of aryl methyl sites for hydroxylation is 1. The summed E-state index contributed by atoms with van der Waals surface area (Å²) >= 11 is 0. The highest BCUT2D eigenvalue weighted by molar-refractivity contribution is 5.97. The van der Waals surface area contributed by atoms with E-state index in [1.165, 1.54) is 0 Å². The van der Waals surface area contributed by atoms with Crippen LogP contribution in [0.5, 0.6) is 5.88 Å². The molecule has 210 valence electrons. The number of likely N-dealkylation sites (tertiary alicyclic amines) is 1. The predicted molar refractivity (Wildman–Crippen MR) is 152 cm³/mol. The number of methoxy groups -OCH3 is 2. The van der Waals surface area contributed by atoms with Crippen molar-refractivity contribution >= 4 is 28.1 Å². The highest BCUT2D eigenvalue weighted by Gasteiger charge is 2.47. The summed E-state index contributed by atoms with van der Waals surface area (Å²) in [5.41, 5.74) is 10.2. The maximum Gasteiger partial charge on any atom is 0.255 e. The highest BCUT2D eigenvalue weighted by Crippen LogP contribution is 2.42. The van der Waals surface area contributed by atoms with Crippen molar-refractivity contribution in [3.05, 3.63) is 36.0 Å². The number of carbonyl (C=O) groups is 1. The number of imidazole rings is 1. The third-order valence-corrected chi connectivity index (χ3v) is 9.59. The molecule has 1 saturated heterocycles. The summed E-state index contributed by atoms with van der Waals surface area (Å²) in [5.74, 6) is 2.26. The fourth-order valence-corrected chi connectivity index (χ4v) is 7.39. The van der Waals surface area contributed by atoms with E-state index in [1.54, 1.807) is 20.4 Å². The lowest BCUT2D eigenvalue weighted by Gasteiger charge is -2.44. The first-order valence-corrected chi connectivity index (χ1v) is 14.3. The van der Waals surface area contributed by atoms with Gasteiger partial charge in [-0.1, -0.05) is 0 Å². The van der Waals surface area contributed by atoms with Crippen molar-refractivity contribution in [2.75, 3.05) is 20.8 Å². The zero-order chi connectivity index (χ0) is 27.8. The molecule has 1 aliphatic heterocycles. The van der Waals surface area contributed by atoms with Crippen molar-refractivity contribution in [1.29, 1.82) is 0 Å². The molecule has 0 radical (unpaired) electrons. The predicted octanol–water partition coefficient (Wildman–Crippen LogP) is 3.85. The van der Waals surface area contributed by atoms with Crippen LogP contribution in [0.1, 0.15) is 49.9 Å². The minimum atomic E-state index is -0.0804. The van der Waals surface area contributed by atoms with Gasteiger partial charge in [0.15, 0.2) is 11.5 Å². The topological polar surface area (TPSA) is 113 Å². The minimum absolute atomic E-state index is 0.00182. The maximum absolute atomic E-state index is 13.6. The van der Waals surface area contributed by atoms with E-state index in [4.69, 9.17) is 30.2 Å². The van der Waals surface area contributed by atoms with Gasteiger partial charge in [0.05, 0.1) is 24.0 Å². The largest absolute Gasteiger partial charge is 0.481 e. The van der Waals surface area contributed by atoms with Crippen LogP contribution in [0.2, 0.25) is 0 Å². The highest BCUT2D eigenvalue weighted by atomic mass is 16.5. The van der Waals surface area contributed by atoms with E-state index >= 15 is 0 Å². The Morgan fingerprint density at radius 2 is 1.95 bits per heavy atom. The number of pyridine rings is 2. The van der Waals surface area contributed by atoms with Gasteiger partial charge in [-0.2, -0.15) is 4.98 Å². The third-order valence-electron chi connectivity index (χ3n) is 9.59. The molecule has 3 aliphatic rings. The summed E-state index contributed by atoms with van der Waals surface area (Å²) < 4.78 is 15.5. The van der Waals surface area contributed by atoms with Gasteiger partial charge in [0.2, 0.25) is 5.88 Å². The summed E-state index contributed by atoms with van der Waals surface area (Å²) in [5, 5.41) is 1.02. The van der Waals surface area contributed by atoms with Crippen molar-refractivity contribution in [1.82, 2.24) is 29.0 Å². The summed E-state index contributed by atoms with van der Waals surface area (Å²) in [4.78, 5) is 30.2. The monoisotopic (exact) mass is 543 g/mol. The third kappa shape index (κ3) is 3.83. The number of aromatic nitrogens is 5. The number of nitrogens with zero attached hydrogens (tertiary/aromatic N) is 6. The fourth-order valence-electron chi connectivity index (χ4n) is 7.39. The molecule has 3 atom stereocenters. The standard InChI is InChI=1S/C30H37N7O3/c1-5-35-23(11-18-7-9-24(39-3)34-26(18)35)28-33-21-10-20(29(38)36-16-19-6-8-22(36)25(19)31)14-32-27(21)37(28)15-17-12-30(2,13-17)40-4/h7,9-11,14,17,19,22,25H,5-6,8,12-13,15-16,31H2,1-4H3/t17?,19-,22-,25-,30?/m1/s1. The molecule has 40 heavy (non-hydrogen) atoms. The number of hydrogen-bond donors (Lipinski definition) is 1. The first-order valence-electron chi connectivity index (χ1n) is 14.3. The van der Waals surface area contributed by atoms with Gasteiger partial charge in [-0.25, -0.2) is 9.97 Å². The molecular formula is C30H37N7O3. The number of fused-ring (bicyclic) bond motifs is 4. The Labute approximate surface area is 233 Å². The van der Waals surface area contributed by atoms with Gasteiger partial charge in [0, 0.05) is 56.5 Å². The van der Waals surface area contributed by atoms with Crippen molar-refractivity contribution in [2.24, 2.45) is 17.6 Å². The molecule has 7 rings (SSSR count). The maximum atomic E-state index is 13.6. The van der Waals surface area contributed by atoms with Gasteiger partial charge in [-0.05, 0) is 69.6 Å². The second-order valence-electron chi connectivity index (χ2n) is 12.0. The van der Waals surface area contributed by atoms with Crippen molar-refractivity contribution in [2.45, 2.75) is 70.3 Å². The molecule has 1 amide bonds. The number of hydrogen-bond acceptors (Lipinski definition) is 7. The van der Waals surface area contributed by atoms with Crippen LogP contribution in [0, 0.1) is 11.8 Å². The molecule has 4 aromatic heterocycles. The molecule has 2 bridgehead atoms.